The van der Waals surface area contributed by atoms with E-state index >= 15 is 0 Å². The van der Waals surface area contributed by atoms with Gasteiger partial charge in [0.2, 0.25) is 0 Å². The van der Waals surface area contributed by atoms with Crippen LogP contribution in [0.5, 0.6) is 0 Å². The standard InChI is InChI=1S/C87H155N3O8/c1-88(60-22-62-89(64-56-84(91)95-68-80-48-40-76(41-49-80)36-18-14-32-72-24-6-2-7-25-72)65-57-85(92)96-69-81-50-42-77(43-51-81)37-19-15-33-73-26-8-3-9-27-73)61-23-63-90(66-58-86(93)97-70-82-52-44-78(45-53-82)38-20-16-34-74-28-10-4-11-29-74)67-59-87(94)98-71-83-54-46-79(47-55-83)39-21-17-35-75-30-12-5-13-31-75/h72-83H,2-71H2,1H3. The fourth-order valence-electron chi connectivity index (χ4n) is 20.2. The van der Waals surface area contributed by atoms with E-state index in [1.807, 2.05) is 0 Å². The molecule has 0 unspecified atom stereocenters. The number of unbranched alkanes of at least 4 members (excludes halogenated alkanes) is 4. The molecule has 0 aromatic rings. The van der Waals surface area contributed by atoms with Crippen molar-refractivity contribution in [2.45, 2.75) is 372 Å². The van der Waals surface area contributed by atoms with E-state index in [-0.39, 0.29) is 23.9 Å². The van der Waals surface area contributed by atoms with E-state index in [0.29, 0.717) is 102 Å². The van der Waals surface area contributed by atoms with E-state index in [2.05, 4.69) is 21.7 Å². The van der Waals surface area contributed by atoms with Gasteiger partial charge in [-0.1, -0.05) is 283 Å². The van der Waals surface area contributed by atoms with Crippen LogP contribution in [-0.2, 0) is 38.1 Å². The molecule has 8 fully saturated rings. The number of carbonyl (C=O) groups excluding carboxylic acids is 4. The second-order valence-corrected chi connectivity index (χ2v) is 35.1. The Bertz CT molecular complexity index is 1760. The lowest BCUT2D eigenvalue weighted by molar-refractivity contribution is -0.147. The fraction of sp³-hybridized carbons (Fsp3) is 0.954. The Hall–Kier alpha value is -2.24. The zero-order valence-corrected chi connectivity index (χ0v) is 64.0. The quantitative estimate of drug-likeness (QED) is 0.0329. The average molecular weight is 1370 g/mol. The van der Waals surface area contributed by atoms with Crippen LogP contribution in [0.1, 0.15) is 372 Å². The van der Waals surface area contributed by atoms with Gasteiger partial charge in [-0.25, -0.2) is 0 Å². The smallest absolute Gasteiger partial charge is 0.307 e. The lowest BCUT2D eigenvalue weighted by Gasteiger charge is -2.29. The van der Waals surface area contributed by atoms with Crippen LogP contribution in [-0.4, -0.2) is 124 Å². The van der Waals surface area contributed by atoms with Crippen molar-refractivity contribution in [2.24, 2.45) is 71.0 Å². The predicted octanol–water partition coefficient (Wildman–Crippen LogP) is 21.8. The van der Waals surface area contributed by atoms with Gasteiger partial charge in [0, 0.05) is 26.2 Å². The van der Waals surface area contributed by atoms with E-state index in [1.54, 1.807) is 0 Å². The third-order valence-electron chi connectivity index (χ3n) is 27.1. The minimum absolute atomic E-state index is 0.115. The van der Waals surface area contributed by atoms with E-state index in [1.165, 1.54) is 334 Å². The first kappa shape index (κ1) is 81.4. The van der Waals surface area contributed by atoms with E-state index < -0.39 is 0 Å². The minimum atomic E-state index is -0.115. The number of nitrogens with zero attached hydrogens (tertiary/aromatic N) is 3. The van der Waals surface area contributed by atoms with Gasteiger partial charge in [-0.2, -0.15) is 0 Å². The maximum Gasteiger partial charge on any atom is 0.307 e. The van der Waals surface area contributed by atoms with Crippen molar-refractivity contribution in [3.05, 3.63) is 0 Å². The molecule has 8 aliphatic carbocycles. The van der Waals surface area contributed by atoms with E-state index in [0.717, 1.165) is 86.4 Å². The van der Waals surface area contributed by atoms with Gasteiger partial charge in [-0.3, -0.25) is 19.2 Å². The third kappa shape index (κ3) is 36.0. The topological polar surface area (TPSA) is 115 Å². The zero-order chi connectivity index (χ0) is 68.3. The molecule has 8 aliphatic rings. The molecule has 0 heterocycles. The Labute approximate surface area is 602 Å². The Morgan fingerprint density at radius 3 is 0.612 bits per heavy atom. The molecule has 566 valence electrons. The van der Waals surface area contributed by atoms with Crippen molar-refractivity contribution < 1.29 is 38.1 Å². The number of esters is 4. The van der Waals surface area contributed by atoms with Crippen molar-refractivity contribution >= 4 is 23.9 Å². The number of hydrogen-bond donors (Lipinski definition) is 0. The van der Waals surface area contributed by atoms with Crippen molar-refractivity contribution in [2.75, 3.05) is 85.8 Å². The van der Waals surface area contributed by atoms with Crippen molar-refractivity contribution in [1.82, 2.24) is 14.7 Å². The van der Waals surface area contributed by atoms with Crippen LogP contribution in [0.4, 0.5) is 0 Å². The summed E-state index contributed by atoms with van der Waals surface area (Å²) in [7, 11) is 2.19. The van der Waals surface area contributed by atoms with Crippen molar-refractivity contribution in [3.63, 3.8) is 0 Å². The highest BCUT2D eigenvalue weighted by Crippen LogP contribution is 2.39. The fourth-order valence-corrected chi connectivity index (χ4v) is 20.2. The molecule has 0 atom stereocenters. The molecule has 98 heavy (non-hydrogen) atoms. The second-order valence-electron chi connectivity index (χ2n) is 35.1. The lowest BCUT2D eigenvalue weighted by atomic mass is 9.79. The van der Waals surface area contributed by atoms with Crippen LogP contribution in [0.25, 0.3) is 0 Å². The van der Waals surface area contributed by atoms with Gasteiger partial charge in [0.1, 0.15) is 0 Å². The highest BCUT2D eigenvalue weighted by molar-refractivity contribution is 5.71. The van der Waals surface area contributed by atoms with Crippen molar-refractivity contribution in [1.29, 1.82) is 0 Å². The third-order valence-corrected chi connectivity index (χ3v) is 27.1. The molecule has 0 aromatic carbocycles. The first-order valence-corrected chi connectivity index (χ1v) is 43.9. The molecule has 0 spiro atoms. The van der Waals surface area contributed by atoms with Crippen LogP contribution >= 0.6 is 0 Å². The first-order chi connectivity index (χ1) is 48.1. The van der Waals surface area contributed by atoms with E-state index in [4.69, 9.17) is 18.9 Å². The molecule has 0 aromatic heterocycles. The Morgan fingerprint density at radius 2 is 0.408 bits per heavy atom. The van der Waals surface area contributed by atoms with Crippen LogP contribution in [0.2, 0.25) is 0 Å². The maximum atomic E-state index is 13.4. The normalized spacial score (nSPS) is 26.0. The zero-order valence-electron chi connectivity index (χ0n) is 64.0. The predicted molar refractivity (Wildman–Crippen MR) is 404 cm³/mol. The summed E-state index contributed by atoms with van der Waals surface area (Å²) in [6.45, 7) is 7.85. The van der Waals surface area contributed by atoms with Gasteiger partial charge >= 0.3 is 23.9 Å². The highest BCUT2D eigenvalue weighted by atomic mass is 16.5. The number of carbonyl (C=O) groups is 4. The SMILES string of the molecule is CN(CCCN(CCC(=O)OCC1CCC(CCCCC2CCCCC2)CC1)CCC(=O)OCC1CCC(CCCCC2CCCCC2)CC1)CCCN(CCC(=O)OCC1CCC(CCCCC2CCCCC2)CC1)CCC(=O)OCC1CCC(CCCCC2CCCCC2)CC1. The monoisotopic (exact) mass is 1370 g/mol. The molecule has 8 rings (SSSR count). The summed E-state index contributed by atoms with van der Waals surface area (Å²) in [6, 6.07) is 0. The summed E-state index contributed by atoms with van der Waals surface area (Å²) in [5.41, 5.74) is 0. The molecule has 11 nitrogen and oxygen atoms in total. The Kier molecular flexibility index (Phi) is 41.8. The second kappa shape index (κ2) is 50.2. The molecule has 0 amide bonds. The van der Waals surface area contributed by atoms with Crippen LogP contribution in [0.15, 0.2) is 0 Å². The maximum absolute atomic E-state index is 13.4. The molecule has 0 radical (unpaired) electrons. The van der Waals surface area contributed by atoms with Gasteiger partial charge < -0.3 is 33.6 Å². The summed E-state index contributed by atoms with van der Waals surface area (Å²) < 4.78 is 24.0. The first-order valence-electron chi connectivity index (χ1n) is 43.9. The van der Waals surface area contributed by atoms with Crippen LogP contribution in [0.3, 0.4) is 0 Å². The van der Waals surface area contributed by atoms with Gasteiger partial charge in [0.25, 0.3) is 0 Å². The summed E-state index contributed by atoms with van der Waals surface area (Å²) in [6.07, 6.45) is 74.2. The minimum Gasteiger partial charge on any atom is -0.465 e. The Morgan fingerprint density at radius 1 is 0.224 bits per heavy atom. The van der Waals surface area contributed by atoms with Gasteiger partial charge in [-0.05, 0) is 168 Å². The molecule has 8 saturated carbocycles. The average Bonchev–Trinajstić information content (AvgIpc) is 1.77. The van der Waals surface area contributed by atoms with Crippen LogP contribution < -0.4 is 0 Å². The van der Waals surface area contributed by atoms with Gasteiger partial charge in [-0.15, -0.1) is 0 Å². The molecular weight excluding hydrogens is 1210 g/mol. The largest absolute Gasteiger partial charge is 0.465 e. The number of hydrogen-bond acceptors (Lipinski definition) is 11. The molecule has 0 N–H and O–H groups in total. The summed E-state index contributed by atoms with van der Waals surface area (Å²) >= 11 is 0. The molecule has 0 saturated heterocycles. The molecule has 11 heteroatoms. The van der Waals surface area contributed by atoms with Gasteiger partial charge in [0.05, 0.1) is 52.1 Å². The van der Waals surface area contributed by atoms with Crippen LogP contribution in [0, 0.1) is 71.0 Å². The van der Waals surface area contributed by atoms with Crippen molar-refractivity contribution in [3.8, 4) is 0 Å². The molecule has 0 aliphatic heterocycles. The Balaban J connectivity index is 0.733. The number of ether oxygens (including phenoxy) is 4. The molecule has 0 bridgehead atoms. The summed E-state index contributed by atoms with van der Waals surface area (Å²) in [5, 5.41) is 0. The van der Waals surface area contributed by atoms with E-state index in [9.17, 15) is 19.2 Å². The molecular formula is C87H155N3O8. The lowest BCUT2D eigenvalue weighted by Crippen LogP contribution is -2.34. The summed E-state index contributed by atoms with van der Waals surface area (Å²) in [4.78, 5) is 60.6. The summed E-state index contributed by atoms with van der Waals surface area (Å²) in [5.74, 6) is 8.77. The number of rotatable bonds is 48. The highest BCUT2D eigenvalue weighted by Gasteiger charge is 2.28. The van der Waals surface area contributed by atoms with Gasteiger partial charge in [0.15, 0.2) is 0 Å².